The molecule has 10 heteroatoms. The molecular weight excluding hydrogens is 699 g/mol. The van der Waals surface area contributed by atoms with E-state index >= 15 is 0 Å². The van der Waals surface area contributed by atoms with Crippen LogP contribution >= 0.6 is 7.82 Å². The van der Waals surface area contributed by atoms with E-state index in [1.165, 1.54) is 148 Å². The SMILES string of the molecule is CCCCCCCC/C=C\CCCC(O)CC(=O)NC(COP(=O)(O)OCCN)C(O)/C=C/CCCCCCCCCCCCCCCCCCCCC. The summed E-state index contributed by atoms with van der Waals surface area (Å²) < 4.78 is 22.1. The first-order valence-electron chi connectivity index (χ1n) is 22.5. The second kappa shape index (κ2) is 40.1. The minimum atomic E-state index is -4.40. The maximum atomic E-state index is 12.8. The minimum absolute atomic E-state index is 0.0473. The van der Waals surface area contributed by atoms with Gasteiger partial charge in [0.1, 0.15) is 0 Å². The number of carbonyl (C=O) groups excluding carboxylic acids is 1. The molecule has 0 aromatic heterocycles. The first-order valence-corrected chi connectivity index (χ1v) is 24.0. The zero-order valence-electron chi connectivity index (χ0n) is 35.1. The summed E-state index contributed by atoms with van der Waals surface area (Å²) in [6.07, 6.45) is 42.7. The molecule has 54 heavy (non-hydrogen) atoms. The van der Waals surface area contributed by atoms with Crippen molar-refractivity contribution in [1.82, 2.24) is 5.32 Å². The van der Waals surface area contributed by atoms with Gasteiger partial charge in [0.15, 0.2) is 0 Å². The van der Waals surface area contributed by atoms with Gasteiger partial charge in [0.25, 0.3) is 0 Å². The normalized spacial score (nSPS) is 14.9. The zero-order chi connectivity index (χ0) is 39.8. The predicted octanol–water partition coefficient (Wildman–Crippen LogP) is 11.5. The lowest BCUT2D eigenvalue weighted by Gasteiger charge is -2.24. The fourth-order valence-corrected chi connectivity index (χ4v) is 7.41. The van der Waals surface area contributed by atoms with E-state index in [2.05, 4.69) is 31.3 Å². The van der Waals surface area contributed by atoms with Gasteiger partial charge >= 0.3 is 7.82 Å². The molecule has 1 amide bonds. The van der Waals surface area contributed by atoms with Crippen LogP contribution in [-0.4, -0.2) is 59.0 Å². The Kier molecular flexibility index (Phi) is 39.4. The molecule has 0 saturated heterocycles. The van der Waals surface area contributed by atoms with Crippen molar-refractivity contribution >= 4 is 13.7 Å². The summed E-state index contributed by atoms with van der Waals surface area (Å²) in [5, 5.41) is 24.0. The Bertz CT molecular complexity index is 919. The number of nitrogens with one attached hydrogen (secondary N) is 1. The lowest BCUT2D eigenvalue weighted by atomic mass is 10.0. The van der Waals surface area contributed by atoms with Crippen LogP contribution in [0, 0.1) is 0 Å². The highest BCUT2D eigenvalue weighted by atomic mass is 31.2. The van der Waals surface area contributed by atoms with Gasteiger partial charge in [-0.1, -0.05) is 186 Å². The summed E-state index contributed by atoms with van der Waals surface area (Å²) in [4.78, 5) is 22.7. The summed E-state index contributed by atoms with van der Waals surface area (Å²) in [5.74, 6) is -0.461. The van der Waals surface area contributed by atoms with Crippen LogP contribution in [0.25, 0.3) is 0 Å². The highest BCUT2D eigenvalue weighted by Crippen LogP contribution is 2.43. The Hall–Kier alpha value is -1.06. The average Bonchev–Trinajstić information content (AvgIpc) is 3.15. The molecule has 0 aromatic carbocycles. The smallest absolute Gasteiger partial charge is 0.393 e. The molecule has 0 fully saturated rings. The predicted molar refractivity (Wildman–Crippen MR) is 227 cm³/mol. The molecule has 0 saturated carbocycles. The van der Waals surface area contributed by atoms with E-state index in [4.69, 9.17) is 14.8 Å². The summed E-state index contributed by atoms with van der Waals surface area (Å²) in [5.41, 5.74) is 5.36. The Morgan fingerprint density at radius 3 is 1.48 bits per heavy atom. The highest BCUT2D eigenvalue weighted by Gasteiger charge is 2.27. The number of rotatable bonds is 42. The number of unbranched alkanes of at least 4 members (excludes halogenated alkanes) is 26. The van der Waals surface area contributed by atoms with Gasteiger partial charge in [0.2, 0.25) is 5.91 Å². The topological polar surface area (TPSA) is 151 Å². The lowest BCUT2D eigenvalue weighted by Crippen LogP contribution is -2.46. The van der Waals surface area contributed by atoms with Crippen molar-refractivity contribution in [3.8, 4) is 0 Å². The third kappa shape index (κ3) is 37.8. The van der Waals surface area contributed by atoms with Crippen molar-refractivity contribution in [2.75, 3.05) is 19.8 Å². The van der Waals surface area contributed by atoms with Gasteiger partial charge in [-0.3, -0.25) is 13.8 Å². The van der Waals surface area contributed by atoms with Crippen LogP contribution in [0.3, 0.4) is 0 Å². The number of carbonyl (C=O) groups is 1. The van der Waals surface area contributed by atoms with Crippen LogP contribution in [0.2, 0.25) is 0 Å². The van der Waals surface area contributed by atoms with E-state index in [1.807, 2.05) is 6.08 Å². The monoisotopic (exact) mass is 787 g/mol. The average molecular weight is 787 g/mol. The van der Waals surface area contributed by atoms with E-state index < -0.39 is 38.6 Å². The van der Waals surface area contributed by atoms with Crippen LogP contribution in [0.5, 0.6) is 0 Å². The van der Waals surface area contributed by atoms with Gasteiger partial charge in [-0.25, -0.2) is 4.57 Å². The molecule has 0 aliphatic heterocycles. The Balaban J connectivity index is 4.27. The largest absolute Gasteiger partial charge is 0.472 e. The Morgan fingerprint density at radius 2 is 1.04 bits per heavy atom. The molecule has 6 N–H and O–H groups in total. The van der Waals surface area contributed by atoms with Crippen LogP contribution in [0.1, 0.15) is 213 Å². The van der Waals surface area contributed by atoms with E-state index in [1.54, 1.807) is 6.08 Å². The summed E-state index contributed by atoms with van der Waals surface area (Å²) in [6, 6.07) is -0.988. The van der Waals surface area contributed by atoms with Crippen LogP contribution < -0.4 is 11.1 Å². The number of phosphoric ester groups is 1. The zero-order valence-corrected chi connectivity index (χ0v) is 36.0. The van der Waals surface area contributed by atoms with Crippen molar-refractivity contribution in [1.29, 1.82) is 0 Å². The quantitative estimate of drug-likeness (QED) is 0.0233. The molecule has 0 aliphatic rings. The number of phosphoric acid groups is 1. The first-order chi connectivity index (χ1) is 26.3. The molecule has 320 valence electrons. The molecule has 0 heterocycles. The van der Waals surface area contributed by atoms with Crippen molar-refractivity contribution in [3.63, 3.8) is 0 Å². The van der Waals surface area contributed by atoms with Gasteiger partial charge in [-0.2, -0.15) is 0 Å². The third-order valence-electron chi connectivity index (χ3n) is 10.1. The van der Waals surface area contributed by atoms with Gasteiger partial charge in [-0.15, -0.1) is 0 Å². The summed E-state index contributed by atoms with van der Waals surface area (Å²) >= 11 is 0. The minimum Gasteiger partial charge on any atom is -0.393 e. The van der Waals surface area contributed by atoms with Crippen LogP contribution in [0.15, 0.2) is 24.3 Å². The number of hydrogen-bond acceptors (Lipinski definition) is 7. The third-order valence-corrected chi connectivity index (χ3v) is 11.1. The summed E-state index contributed by atoms with van der Waals surface area (Å²) in [7, 11) is -4.40. The number of aliphatic hydroxyl groups is 2. The van der Waals surface area contributed by atoms with Crippen molar-refractivity contribution in [3.05, 3.63) is 24.3 Å². The lowest BCUT2D eigenvalue weighted by molar-refractivity contribution is -0.124. The van der Waals surface area contributed by atoms with E-state index in [0.717, 1.165) is 38.5 Å². The molecule has 4 unspecified atom stereocenters. The fraction of sp³-hybridized carbons (Fsp3) is 0.886. The van der Waals surface area contributed by atoms with E-state index in [0.29, 0.717) is 6.42 Å². The molecule has 0 bridgehead atoms. The van der Waals surface area contributed by atoms with Gasteiger partial charge in [-0.05, 0) is 44.9 Å². The molecule has 0 aromatic rings. The first kappa shape index (κ1) is 52.9. The number of aliphatic hydroxyl groups excluding tert-OH is 2. The number of amides is 1. The molecule has 9 nitrogen and oxygen atoms in total. The van der Waals surface area contributed by atoms with Crippen molar-refractivity contribution in [2.45, 2.75) is 231 Å². The second-order valence-corrected chi connectivity index (χ2v) is 16.9. The van der Waals surface area contributed by atoms with Crippen LogP contribution in [0.4, 0.5) is 0 Å². The Labute approximate surface area is 332 Å². The highest BCUT2D eigenvalue weighted by molar-refractivity contribution is 7.47. The summed E-state index contributed by atoms with van der Waals surface area (Å²) in [6.45, 7) is 3.95. The fourth-order valence-electron chi connectivity index (χ4n) is 6.65. The maximum Gasteiger partial charge on any atom is 0.472 e. The Morgan fingerprint density at radius 1 is 0.630 bits per heavy atom. The van der Waals surface area contributed by atoms with E-state index in [9.17, 15) is 24.5 Å². The molecule has 0 rings (SSSR count). The van der Waals surface area contributed by atoms with Gasteiger partial charge in [0, 0.05) is 6.54 Å². The van der Waals surface area contributed by atoms with Crippen molar-refractivity contribution < 1.29 is 33.5 Å². The second-order valence-electron chi connectivity index (χ2n) is 15.4. The van der Waals surface area contributed by atoms with Gasteiger partial charge in [0.05, 0.1) is 37.9 Å². The number of allylic oxidation sites excluding steroid dienone is 3. The van der Waals surface area contributed by atoms with Crippen molar-refractivity contribution in [2.24, 2.45) is 5.73 Å². The number of hydrogen-bond donors (Lipinski definition) is 5. The molecule has 0 aliphatic carbocycles. The standard InChI is InChI=1S/C44H87N2O7P/c1-3-5-7-9-11-13-15-16-17-18-19-20-21-22-23-24-26-28-30-32-34-36-43(48)42(40-53-54(50,51)52-38-37-45)46-44(49)39-41(47)35-33-31-29-27-25-14-12-10-8-6-4-2/h27,29,34,36,41-43,47-48H,3-26,28,30-33,35,37-40,45H2,1-2H3,(H,46,49)(H,50,51)/b29-27-,36-34+. The molecule has 4 atom stereocenters. The molecular formula is C44H87N2O7P. The van der Waals surface area contributed by atoms with E-state index in [-0.39, 0.29) is 19.6 Å². The van der Waals surface area contributed by atoms with Crippen LogP contribution in [-0.2, 0) is 18.4 Å². The molecule has 0 spiro atoms. The number of nitrogens with two attached hydrogens (primary N) is 1. The molecule has 0 radical (unpaired) electrons. The maximum absolute atomic E-state index is 12.8. The van der Waals surface area contributed by atoms with Gasteiger partial charge < -0.3 is 26.2 Å².